The van der Waals surface area contributed by atoms with Crippen LogP contribution in [0.2, 0.25) is 0 Å². The van der Waals surface area contributed by atoms with E-state index in [0.717, 1.165) is 62.1 Å². The van der Waals surface area contributed by atoms with Crippen LogP contribution in [-0.2, 0) is 23.1 Å². The number of hydrogen-bond donors (Lipinski definition) is 1. The van der Waals surface area contributed by atoms with Crippen molar-refractivity contribution in [1.29, 1.82) is 0 Å². The number of amides is 1. The molecule has 0 aromatic heterocycles. The molecule has 5 nitrogen and oxygen atoms in total. The lowest BCUT2D eigenvalue weighted by Crippen LogP contribution is -2.69. The van der Waals surface area contributed by atoms with Crippen LogP contribution in [0.5, 0.6) is 11.5 Å². The van der Waals surface area contributed by atoms with Crippen molar-refractivity contribution in [2.24, 2.45) is 11.8 Å². The third-order valence-electron chi connectivity index (χ3n) is 11.0. The molecule has 2 aliphatic heterocycles. The van der Waals surface area contributed by atoms with Crippen LogP contribution in [-0.4, -0.2) is 58.6 Å². The molecule has 1 saturated carbocycles. The smallest absolute Gasteiger partial charge is 0.299 e. The summed E-state index contributed by atoms with van der Waals surface area (Å²) in [6.45, 7) is 11.2. The number of aromatic hydroxyl groups is 1. The Hall–Kier alpha value is -3.75. The Bertz CT molecular complexity index is 1640. The number of hydrogen-bond acceptors (Lipinski definition) is 4. The number of carbonyl (C=O) groups excluding carboxylic acids is 1. The van der Waals surface area contributed by atoms with Gasteiger partial charge in [-0.1, -0.05) is 56.2 Å². The van der Waals surface area contributed by atoms with E-state index in [1.54, 1.807) is 0 Å². The molecule has 228 valence electrons. The lowest BCUT2D eigenvalue weighted by atomic mass is 9.50. The number of likely N-dealkylation sites (tertiary alicyclic amines) is 1. The average molecular weight is 589 g/mol. The van der Waals surface area contributed by atoms with Crippen LogP contribution < -0.4 is 4.74 Å². The number of carbonyl (C=O) groups is 1. The van der Waals surface area contributed by atoms with Crippen molar-refractivity contribution in [1.82, 2.24) is 9.80 Å². The minimum absolute atomic E-state index is 0.0628. The van der Waals surface area contributed by atoms with Gasteiger partial charge in [0, 0.05) is 47.2 Å². The van der Waals surface area contributed by atoms with Gasteiger partial charge in [0.2, 0.25) is 0 Å². The fourth-order valence-electron chi connectivity index (χ4n) is 8.90. The summed E-state index contributed by atoms with van der Waals surface area (Å²) in [5, 5.41) is 11.2. The molecule has 44 heavy (non-hydrogen) atoms. The highest BCUT2D eigenvalue weighted by Crippen LogP contribution is 2.63. The summed E-state index contributed by atoms with van der Waals surface area (Å²) in [7, 11) is 0. The molecule has 2 fully saturated rings. The first-order chi connectivity index (χ1) is 21.3. The molecule has 5 atom stereocenters. The monoisotopic (exact) mass is 588 g/mol. The lowest BCUT2D eigenvalue weighted by molar-refractivity contribution is -0.137. The minimum Gasteiger partial charge on any atom is -0.508 e. The number of rotatable bonds is 6. The van der Waals surface area contributed by atoms with Crippen molar-refractivity contribution >= 4 is 5.91 Å². The maximum atomic E-state index is 14.0. The Balaban J connectivity index is 1.22. The molecular formula is C39H44N2O3. The predicted molar refractivity (Wildman–Crippen MR) is 174 cm³/mol. The Labute approximate surface area is 262 Å². The van der Waals surface area contributed by atoms with E-state index in [0.29, 0.717) is 30.2 Å². The van der Waals surface area contributed by atoms with Gasteiger partial charge < -0.3 is 14.7 Å². The average Bonchev–Trinajstić information content (AvgIpc) is 3.35. The van der Waals surface area contributed by atoms with Gasteiger partial charge in [-0.25, -0.2) is 0 Å². The molecule has 3 aromatic carbocycles. The second kappa shape index (κ2) is 11.3. The van der Waals surface area contributed by atoms with Crippen LogP contribution in [0.4, 0.5) is 0 Å². The summed E-state index contributed by atoms with van der Waals surface area (Å²) >= 11 is 0. The number of phenols is 1. The van der Waals surface area contributed by atoms with E-state index >= 15 is 0 Å². The highest BCUT2D eigenvalue weighted by molar-refractivity contribution is 5.94. The van der Waals surface area contributed by atoms with Gasteiger partial charge in [-0.05, 0) is 105 Å². The molecule has 7 rings (SSSR count). The molecule has 1 amide bonds. The zero-order valence-electron chi connectivity index (χ0n) is 26.5. The summed E-state index contributed by atoms with van der Waals surface area (Å²) in [5.41, 5.74) is 6.73. The Morgan fingerprint density at radius 3 is 2.68 bits per heavy atom. The number of aryl methyl sites for hydroxylation is 2. The largest absolute Gasteiger partial charge is 0.508 e. The SMILES string of the molecule is Cc1ccc(C#CC(=O)N(CC(C)C)[C@@H]2CC[C@H]3[C@H]4Cc5c(O)ccc6c5[C@@]3(CCN4CCc3ccccc3)[C@H]2O6)cc1C. The fraction of sp³-hybridized carbons (Fsp3) is 0.462. The molecule has 2 aliphatic carbocycles. The third-order valence-corrected chi connectivity index (χ3v) is 11.0. The van der Waals surface area contributed by atoms with Crippen LogP contribution >= 0.6 is 0 Å². The van der Waals surface area contributed by atoms with Gasteiger partial charge in [-0.3, -0.25) is 9.69 Å². The molecule has 0 unspecified atom stereocenters. The molecular weight excluding hydrogens is 544 g/mol. The van der Waals surface area contributed by atoms with Crippen molar-refractivity contribution in [3.8, 4) is 23.3 Å². The standard InChI is InChI=1S/C39H44N2O3/c1-25(2)24-41(36(43)17-12-29-11-10-26(3)27(4)22-29)32-14-13-31-33-23-30-34(42)15-16-35-37(30)39(31,38(32)44-35)19-21-40(33)20-18-28-8-6-5-7-9-28/h5-11,15-16,22,25,31-33,38,42H,13-14,18-21,23-24H2,1-4H3/t31-,32+,33+,38-,39-/m0/s1. The van der Waals surface area contributed by atoms with Crippen LogP contribution in [0.1, 0.15) is 66.5 Å². The maximum absolute atomic E-state index is 14.0. The van der Waals surface area contributed by atoms with Crippen LogP contribution in [0.25, 0.3) is 0 Å². The van der Waals surface area contributed by atoms with Crippen LogP contribution in [0, 0.1) is 37.5 Å². The zero-order valence-corrected chi connectivity index (χ0v) is 26.5. The van der Waals surface area contributed by atoms with E-state index < -0.39 is 0 Å². The Morgan fingerprint density at radius 2 is 1.91 bits per heavy atom. The van der Waals surface area contributed by atoms with E-state index in [-0.39, 0.29) is 23.5 Å². The Morgan fingerprint density at radius 1 is 1.09 bits per heavy atom. The zero-order chi connectivity index (χ0) is 30.6. The molecule has 1 spiro atoms. The van der Waals surface area contributed by atoms with Crippen molar-refractivity contribution in [2.45, 2.75) is 83.4 Å². The number of nitrogens with zero attached hydrogens (tertiary/aromatic N) is 2. The van der Waals surface area contributed by atoms with Gasteiger partial charge in [0.25, 0.3) is 5.91 Å². The molecule has 2 heterocycles. The molecule has 1 saturated heterocycles. The topological polar surface area (TPSA) is 53.0 Å². The van der Waals surface area contributed by atoms with E-state index in [4.69, 9.17) is 4.74 Å². The molecule has 2 bridgehead atoms. The molecule has 0 radical (unpaired) electrons. The summed E-state index contributed by atoms with van der Waals surface area (Å²) < 4.78 is 6.94. The van der Waals surface area contributed by atoms with Crippen molar-refractivity contribution in [3.63, 3.8) is 0 Å². The summed E-state index contributed by atoms with van der Waals surface area (Å²) in [5.74, 6) is 8.11. The summed E-state index contributed by atoms with van der Waals surface area (Å²) in [6, 6.07) is 20.9. The van der Waals surface area contributed by atoms with E-state index in [1.165, 1.54) is 22.3 Å². The van der Waals surface area contributed by atoms with E-state index in [2.05, 4.69) is 86.9 Å². The molecule has 4 aliphatic rings. The second-order valence-corrected chi connectivity index (χ2v) is 14.0. The van der Waals surface area contributed by atoms with Gasteiger partial charge in [0.1, 0.15) is 17.6 Å². The van der Waals surface area contributed by atoms with Crippen molar-refractivity contribution in [3.05, 3.63) is 94.0 Å². The number of benzene rings is 3. The highest BCUT2D eigenvalue weighted by Gasteiger charge is 2.66. The second-order valence-electron chi connectivity index (χ2n) is 14.0. The van der Waals surface area contributed by atoms with E-state index in [9.17, 15) is 9.90 Å². The first kappa shape index (κ1) is 29.0. The molecule has 1 N–H and O–H groups in total. The van der Waals surface area contributed by atoms with Gasteiger partial charge in [-0.2, -0.15) is 0 Å². The van der Waals surface area contributed by atoms with Gasteiger partial charge in [0.15, 0.2) is 0 Å². The van der Waals surface area contributed by atoms with Crippen molar-refractivity contribution < 1.29 is 14.6 Å². The fourth-order valence-corrected chi connectivity index (χ4v) is 8.90. The van der Waals surface area contributed by atoms with Crippen LogP contribution in [0.15, 0.2) is 60.7 Å². The third kappa shape index (κ3) is 4.79. The maximum Gasteiger partial charge on any atom is 0.299 e. The van der Waals surface area contributed by atoms with Gasteiger partial charge in [0.05, 0.1) is 6.04 Å². The van der Waals surface area contributed by atoms with E-state index in [1.807, 2.05) is 23.1 Å². The lowest BCUT2D eigenvalue weighted by Gasteiger charge is -2.60. The summed E-state index contributed by atoms with van der Waals surface area (Å²) in [4.78, 5) is 18.7. The van der Waals surface area contributed by atoms with Crippen molar-refractivity contribution in [2.75, 3.05) is 19.6 Å². The van der Waals surface area contributed by atoms with Crippen LogP contribution in [0.3, 0.4) is 0 Å². The normalized spacial score (nSPS) is 26.4. The Kier molecular flexibility index (Phi) is 7.45. The number of ether oxygens (including phenoxy) is 1. The summed E-state index contributed by atoms with van der Waals surface area (Å²) in [6.07, 6.45) is 4.66. The number of phenolic OH excluding ortho intramolecular Hbond substituents is 1. The molecule has 5 heteroatoms. The number of piperidine rings is 1. The van der Waals surface area contributed by atoms with Gasteiger partial charge >= 0.3 is 0 Å². The quantitative estimate of drug-likeness (QED) is 0.349. The first-order valence-corrected chi connectivity index (χ1v) is 16.5. The minimum atomic E-state index is -0.199. The predicted octanol–water partition coefficient (Wildman–Crippen LogP) is 6.20. The van der Waals surface area contributed by atoms with Gasteiger partial charge in [-0.15, -0.1) is 0 Å². The highest BCUT2D eigenvalue weighted by atomic mass is 16.5. The molecule has 3 aromatic rings. The first-order valence-electron chi connectivity index (χ1n) is 16.5.